The first-order valence-electron chi connectivity index (χ1n) is 8.65. The van der Waals surface area contributed by atoms with Crippen molar-refractivity contribution in [3.05, 3.63) is 0 Å². The number of rotatable bonds is 2. The zero-order valence-electron chi connectivity index (χ0n) is 14.9. The van der Waals surface area contributed by atoms with Crippen molar-refractivity contribution >= 4 is 21.6 Å². The van der Waals surface area contributed by atoms with E-state index in [1.54, 1.807) is 0 Å². The lowest BCUT2D eigenvalue weighted by atomic mass is 9.48. The van der Waals surface area contributed by atoms with E-state index in [0.717, 1.165) is 17.8 Å². The summed E-state index contributed by atoms with van der Waals surface area (Å²) < 4.78 is 34.0. The fourth-order valence-corrected chi connectivity index (χ4v) is 6.28. The molecule has 140 valence electrons. The summed E-state index contributed by atoms with van der Waals surface area (Å²) in [6, 6.07) is 0. The predicted molar refractivity (Wildman–Crippen MR) is 84.7 cm³/mol. The lowest BCUT2D eigenvalue weighted by Crippen LogP contribution is -2.85. The van der Waals surface area contributed by atoms with Crippen LogP contribution in [-0.2, 0) is 0 Å². The molecule has 0 radical (unpaired) electrons. The van der Waals surface area contributed by atoms with E-state index in [2.05, 4.69) is 48.6 Å². The molecule has 4 aliphatic rings. The van der Waals surface area contributed by atoms with E-state index in [1.807, 2.05) is 0 Å². The molecular weight excluding hydrogens is 398 g/mol. The number of halogens is 2. The summed E-state index contributed by atoms with van der Waals surface area (Å²) in [5.41, 5.74) is 2.20. The van der Waals surface area contributed by atoms with Crippen LogP contribution in [-0.4, -0.2) is 16.1 Å². The summed E-state index contributed by atoms with van der Waals surface area (Å²) in [5, 5.41) is 0. The van der Waals surface area contributed by atoms with Gasteiger partial charge in [0.25, 0.3) is 0 Å². The van der Waals surface area contributed by atoms with E-state index >= 15 is 0 Å². The van der Waals surface area contributed by atoms with Gasteiger partial charge in [0, 0.05) is 6.92 Å². The molecule has 4 saturated carbocycles. The van der Waals surface area contributed by atoms with E-state index in [0.29, 0.717) is 10.2 Å². The molecule has 0 aromatic carbocycles. The van der Waals surface area contributed by atoms with Crippen LogP contribution < -0.4 is 23.6 Å². The molecule has 1 N–H and O–H groups in total. The minimum Gasteiger partial charge on any atom is -0.244 e. The van der Waals surface area contributed by atoms with Gasteiger partial charge in [0.15, 0.2) is 11.3 Å². The number of hydrogen-bond donors (Lipinski definition) is 1. The fraction of sp³-hybridized carbons (Fsp3) is 0.941. The minimum atomic E-state index is -4.94. The lowest BCUT2D eigenvalue weighted by Gasteiger charge is -2.58. The van der Waals surface area contributed by atoms with Gasteiger partial charge < -0.3 is 0 Å². The van der Waals surface area contributed by atoms with Gasteiger partial charge in [-0.25, -0.2) is 23.6 Å². The summed E-state index contributed by atoms with van der Waals surface area (Å²) in [6.07, 6.45) is 9.01. The van der Waals surface area contributed by atoms with Crippen LogP contribution in [0.5, 0.6) is 0 Å². The molecule has 4 rings (SSSR count). The summed E-state index contributed by atoms with van der Waals surface area (Å²) in [7, 11) is -4.94. The maximum atomic E-state index is 8.49. The van der Waals surface area contributed by atoms with Gasteiger partial charge in [0.05, 0.1) is 4.83 Å². The molecule has 0 amide bonds. The zero-order chi connectivity index (χ0) is 18.3. The molecule has 4 fully saturated rings. The molecule has 24 heavy (non-hydrogen) atoms. The molecule has 1 unspecified atom stereocenters. The molecule has 0 saturated heterocycles. The summed E-state index contributed by atoms with van der Waals surface area (Å²) in [5.74, 6) is 3.11. The molecule has 1 atom stereocenters. The Labute approximate surface area is 155 Å². The van der Waals surface area contributed by atoms with Crippen molar-refractivity contribution in [1.29, 1.82) is 0 Å². The summed E-state index contributed by atoms with van der Waals surface area (Å²) in [6.45, 7) is 9.07. The van der Waals surface area contributed by atoms with Crippen LogP contribution in [0.1, 0.15) is 66.2 Å². The van der Waals surface area contributed by atoms with E-state index < -0.39 is 10.2 Å². The van der Waals surface area contributed by atoms with Gasteiger partial charge >= 0.3 is 0 Å². The first-order valence-corrected chi connectivity index (χ1v) is 10.8. The molecule has 4 aliphatic carbocycles. The molecule has 4 bridgehead atoms. The van der Waals surface area contributed by atoms with Crippen LogP contribution in [0.15, 0.2) is 0 Å². The van der Waals surface area contributed by atoms with Crippen molar-refractivity contribution in [2.75, 3.05) is 0 Å². The molecule has 0 aliphatic heterocycles. The van der Waals surface area contributed by atoms with Crippen LogP contribution in [0, 0.1) is 33.4 Å². The van der Waals surface area contributed by atoms with Crippen LogP contribution in [0.2, 0.25) is 0 Å². The van der Waals surface area contributed by atoms with E-state index in [1.165, 1.54) is 44.2 Å². The highest BCUT2D eigenvalue weighted by molar-refractivity contribution is 9.10. The van der Waals surface area contributed by atoms with Crippen molar-refractivity contribution in [2.24, 2.45) is 23.2 Å². The Kier molecular flexibility index (Phi) is 6.11. The van der Waals surface area contributed by atoms with Gasteiger partial charge in [-0.1, -0.05) is 15.9 Å². The van der Waals surface area contributed by atoms with Gasteiger partial charge in [-0.05, 0) is 82.5 Å². The van der Waals surface area contributed by atoms with Gasteiger partial charge in [0.2, 0.25) is 0 Å². The van der Waals surface area contributed by atoms with Crippen molar-refractivity contribution in [3.63, 3.8) is 0 Å². The smallest absolute Gasteiger partial charge is 0.162 e. The summed E-state index contributed by atoms with van der Waals surface area (Å²) >= 11 is 4.08. The Morgan fingerprint density at radius 2 is 1.33 bits per heavy atom. The third kappa shape index (κ3) is 5.64. The third-order valence-electron chi connectivity index (χ3n) is 5.58. The molecule has 0 spiro atoms. The zero-order valence-corrected chi connectivity index (χ0v) is 17.3. The first-order chi connectivity index (χ1) is 10.8. The van der Waals surface area contributed by atoms with Gasteiger partial charge in [-0.15, -0.1) is 10.2 Å². The molecule has 0 aromatic heterocycles. The highest BCUT2D eigenvalue weighted by atomic mass is 79.9. The second kappa shape index (κ2) is 7.12. The molecule has 0 heterocycles. The van der Waals surface area contributed by atoms with E-state index in [-0.39, 0.29) is 5.54 Å². The molecule has 0 aromatic rings. The SMILES string of the molecule is CC(=[NH+]C(C)(C)C)C(Br)C12CC3CC(CC(C3)C1)C2.[O-][Cl+3]([O-])([O-])[O-]. The van der Waals surface area contributed by atoms with Crippen LogP contribution in [0.4, 0.5) is 0 Å². The Morgan fingerprint density at radius 1 is 1.00 bits per heavy atom. The average Bonchev–Trinajstić information content (AvgIpc) is 2.31. The lowest BCUT2D eigenvalue weighted by molar-refractivity contribution is -2.00. The van der Waals surface area contributed by atoms with Crippen molar-refractivity contribution in [3.8, 4) is 0 Å². The standard InChI is InChI=1S/C17H28BrN.ClHO4/c1-11(19-16(2,3)4)15(18)17-8-12-5-13(9-17)7-14(6-12)10-17;2-1(3,4)5/h12-15H,5-10H2,1-4H3;(H,2,3,4,5). The van der Waals surface area contributed by atoms with Crippen molar-refractivity contribution < 1.29 is 33.9 Å². The Balaban J connectivity index is 0.000000368. The quantitative estimate of drug-likeness (QED) is 0.430. The first kappa shape index (κ1) is 20.6. The number of alkyl halides is 1. The second-order valence-electron chi connectivity index (χ2n) is 9.08. The van der Waals surface area contributed by atoms with Crippen LogP contribution in [0.25, 0.3) is 0 Å². The van der Waals surface area contributed by atoms with Gasteiger partial charge in [-0.2, -0.15) is 0 Å². The largest absolute Gasteiger partial charge is 0.244 e. The van der Waals surface area contributed by atoms with Crippen LogP contribution >= 0.6 is 15.9 Å². The second-order valence-corrected chi connectivity index (χ2v) is 10.8. The van der Waals surface area contributed by atoms with Crippen LogP contribution in [0.3, 0.4) is 0 Å². The number of nitrogens with one attached hydrogen (secondary N) is 1. The highest BCUT2D eigenvalue weighted by Crippen LogP contribution is 2.62. The predicted octanol–water partition coefficient (Wildman–Crippen LogP) is -1.45. The molecule has 5 nitrogen and oxygen atoms in total. The summed E-state index contributed by atoms with van der Waals surface area (Å²) in [4.78, 5) is 4.28. The minimum absolute atomic E-state index is 0.179. The molecular formula is C17H29BrClNO4. The average molecular weight is 427 g/mol. The Morgan fingerprint density at radius 3 is 1.62 bits per heavy atom. The fourth-order valence-electron chi connectivity index (χ4n) is 5.60. The Hall–Kier alpha value is 0.280. The van der Waals surface area contributed by atoms with E-state index in [9.17, 15) is 0 Å². The highest BCUT2D eigenvalue weighted by Gasteiger charge is 2.55. The van der Waals surface area contributed by atoms with Crippen molar-refractivity contribution in [2.45, 2.75) is 76.6 Å². The third-order valence-corrected chi connectivity index (χ3v) is 7.23. The maximum absolute atomic E-state index is 8.49. The molecule has 7 heteroatoms. The normalized spacial score (nSPS) is 37.0. The van der Waals surface area contributed by atoms with Gasteiger partial charge in [0.1, 0.15) is 0 Å². The Bertz CT molecular complexity index is 443. The topological polar surface area (TPSA) is 106 Å². The van der Waals surface area contributed by atoms with Crippen molar-refractivity contribution in [1.82, 2.24) is 0 Å². The van der Waals surface area contributed by atoms with Gasteiger partial charge in [-0.3, -0.25) is 0 Å². The monoisotopic (exact) mass is 425 g/mol. The van der Waals surface area contributed by atoms with E-state index in [4.69, 9.17) is 18.6 Å². The number of hydrogen-bond acceptors (Lipinski definition) is 4. The maximum Gasteiger partial charge on any atom is 0.162 e.